The number of nitrogens with zero attached hydrogens (tertiary/aromatic N) is 2. The van der Waals surface area contributed by atoms with Crippen molar-refractivity contribution in [3.8, 4) is 0 Å². The Kier molecular flexibility index (Phi) is 4.86. The Morgan fingerprint density at radius 1 is 1.04 bits per heavy atom. The fraction of sp³-hybridized carbons (Fsp3) is 0.300. The molecule has 1 saturated heterocycles. The molecule has 2 aromatic rings. The zero-order valence-electron chi connectivity index (χ0n) is 13.5. The topological polar surface area (TPSA) is 32.7 Å². The lowest BCUT2D eigenvalue weighted by Gasteiger charge is -2.32. The maximum Gasteiger partial charge on any atom is 0.228 e. The van der Waals surface area contributed by atoms with Crippen LogP contribution in [0.25, 0.3) is 0 Å². The van der Waals surface area contributed by atoms with Crippen LogP contribution in [-0.2, 0) is 11.2 Å². The Balaban J connectivity index is 1.63. The molecule has 0 radical (unpaired) electrons. The van der Waals surface area contributed by atoms with Crippen LogP contribution in [-0.4, -0.2) is 29.6 Å². The first-order chi connectivity index (χ1) is 11.2. The summed E-state index contributed by atoms with van der Waals surface area (Å²) in [6, 6.07) is 20.2. The molecule has 3 rings (SSSR count). The van der Waals surface area contributed by atoms with Crippen molar-refractivity contribution in [2.45, 2.75) is 19.8 Å². The van der Waals surface area contributed by atoms with E-state index in [0.29, 0.717) is 12.3 Å². The Morgan fingerprint density at radius 3 is 2.39 bits per heavy atom. The van der Waals surface area contributed by atoms with Gasteiger partial charge in [-0.25, -0.2) is 0 Å². The highest BCUT2D eigenvalue weighted by Crippen LogP contribution is 2.20. The number of para-hydroxylation sites is 1. The van der Waals surface area contributed by atoms with E-state index in [4.69, 9.17) is 0 Å². The van der Waals surface area contributed by atoms with Crippen LogP contribution in [0.5, 0.6) is 0 Å². The van der Waals surface area contributed by atoms with Crippen molar-refractivity contribution in [1.82, 2.24) is 4.90 Å². The normalized spacial score (nSPS) is 20.0. The first-order valence-electron chi connectivity index (χ1n) is 8.16. The van der Waals surface area contributed by atoms with E-state index in [2.05, 4.69) is 24.0 Å². The molecule has 118 valence electrons. The Morgan fingerprint density at radius 2 is 1.70 bits per heavy atom. The molecule has 1 atom stereocenters. The minimum absolute atomic E-state index is 0.189. The van der Waals surface area contributed by atoms with Gasteiger partial charge in [-0.3, -0.25) is 9.79 Å². The van der Waals surface area contributed by atoms with Gasteiger partial charge in [0.25, 0.3) is 0 Å². The lowest BCUT2D eigenvalue weighted by molar-refractivity contribution is -0.131. The first-order valence-corrected chi connectivity index (χ1v) is 8.16. The third-order valence-electron chi connectivity index (χ3n) is 4.29. The van der Waals surface area contributed by atoms with Crippen molar-refractivity contribution >= 4 is 17.3 Å². The standard InChI is InChI=1S/C20H22N2O/c1-16-15-22(13-12-17-8-4-2-5-9-17)20(23)14-19(16)21-18-10-6-3-7-11-18/h2-11,16H,12-15H2,1H3. The van der Waals surface area contributed by atoms with Crippen LogP contribution in [0.3, 0.4) is 0 Å². The summed E-state index contributed by atoms with van der Waals surface area (Å²) in [4.78, 5) is 19.1. The molecular weight excluding hydrogens is 284 g/mol. The molecule has 0 spiro atoms. The molecule has 1 amide bonds. The van der Waals surface area contributed by atoms with E-state index in [1.54, 1.807) is 0 Å². The molecule has 0 bridgehead atoms. The lowest BCUT2D eigenvalue weighted by atomic mass is 9.96. The average Bonchev–Trinajstić information content (AvgIpc) is 2.58. The van der Waals surface area contributed by atoms with E-state index in [0.717, 1.165) is 30.9 Å². The monoisotopic (exact) mass is 306 g/mol. The molecule has 0 saturated carbocycles. The van der Waals surface area contributed by atoms with Crippen LogP contribution in [0, 0.1) is 5.92 Å². The largest absolute Gasteiger partial charge is 0.341 e. The van der Waals surface area contributed by atoms with E-state index in [1.165, 1.54) is 5.56 Å². The van der Waals surface area contributed by atoms with Gasteiger partial charge >= 0.3 is 0 Å². The van der Waals surface area contributed by atoms with Crippen molar-refractivity contribution in [2.24, 2.45) is 10.9 Å². The third-order valence-corrected chi connectivity index (χ3v) is 4.29. The SMILES string of the molecule is CC1CN(CCc2ccccc2)C(=O)CC1=Nc1ccccc1. The van der Waals surface area contributed by atoms with Gasteiger partial charge in [-0.1, -0.05) is 55.5 Å². The van der Waals surface area contributed by atoms with Gasteiger partial charge in [-0.05, 0) is 24.1 Å². The van der Waals surface area contributed by atoms with Crippen LogP contribution in [0.1, 0.15) is 18.9 Å². The zero-order chi connectivity index (χ0) is 16.1. The molecule has 1 fully saturated rings. The molecule has 1 aliphatic rings. The minimum Gasteiger partial charge on any atom is -0.341 e. The van der Waals surface area contributed by atoms with Crippen LogP contribution >= 0.6 is 0 Å². The smallest absolute Gasteiger partial charge is 0.228 e. The number of hydrogen-bond acceptors (Lipinski definition) is 2. The van der Waals surface area contributed by atoms with Gasteiger partial charge in [0.05, 0.1) is 12.1 Å². The number of carbonyl (C=O) groups is 1. The fourth-order valence-electron chi connectivity index (χ4n) is 2.92. The second kappa shape index (κ2) is 7.23. The first kappa shape index (κ1) is 15.5. The number of carbonyl (C=O) groups excluding carboxylic acids is 1. The average molecular weight is 306 g/mol. The van der Waals surface area contributed by atoms with Crippen LogP contribution in [0.4, 0.5) is 5.69 Å². The van der Waals surface area contributed by atoms with Crippen LogP contribution in [0.15, 0.2) is 65.7 Å². The molecule has 2 aromatic carbocycles. The second-order valence-corrected chi connectivity index (χ2v) is 6.09. The number of hydrogen-bond donors (Lipinski definition) is 0. The quantitative estimate of drug-likeness (QED) is 0.844. The maximum atomic E-state index is 12.4. The summed E-state index contributed by atoms with van der Waals surface area (Å²) in [5.74, 6) is 0.498. The summed E-state index contributed by atoms with van der Waals surface area (Å²) in [7, 11) is 0. The molecule has 0 aromatic heterocycles. The molecule has 0 aliphatic carbocycles. The number of rotatable bonds is 4. The molecule has 1 unspecified atom stereocenters. The lowest BCUT2D eigenvalue weighted by Crippen LogP contribution is -2.44. The van der Waals surface area contributed by atoms with Gasteiger partial charge in [0.1, 0.15) is 0 Å². The van der Waals surface area contributed by atoms with Crippen LogP contribution in [0.2, 0.25) is 0 Å². The highest BCUT2D eigenvalue weighted by molar-refractivity contribution is 6.05. The fourth-order valence-corrected chi connectivity index (χ4v) is 2.92. The van der Waals surface area contributed by atoms with Crippen molar-refractivity contribution in [2.75, 3.05) is 13.1 Å². The number of amides is 1. The van der Waals surface area contributed by atoms with E-state index in [-0.39, 0.29) is 5.91 Å². The predicted molar refractivity (Wildman–Crippen MR) is 94.0 cm³/mol. The van der Waals surface area contributed by atoms with Gasteiger partial charge in [-0.2, -0.15) is 0 Å². The van der Waals surface area contributed by atoms with Gasteiger partial charge < -0.3 is 4.90 Å². The third kappa shape index (κ3) is 4.07. The molecule has 1 aliphatic heterocycles. The van der Waals surface area contributed by atoms with Gasteiger partial charge in [0.2, 0.25) is 5.91 Å². The predicted octanol–water partition coefficient (Wildman–Crippen LogP) is 3.87. The van der Waals surface area contributed by atoms with Gasteiger partial charge in [0.15, 0.2) is 0 Å². The summed E-state index contributed by atoms with van der Waals surface area (Å²) in [5, 5.41) is 0. The molecule has 23 heavy (non-hydrogen) atoms. The van der Waals surface area contributed by atoms with Crippen molar-refractivity contribution in [3.05, 3.63) is 66.2 Å². The van der Waals surface area contributed by atoms with E-state index < -0.39 is 0 Å². The summed E-state index contributed by atoms with van der Waals surface area (Å²) in [6.07, 6.45) is 1.34. The van der Waals surface area contributed by atoms with Crippen LogP contribution < -0.4 is 0 Å². The van der Waals surface area contributed by atoms with Crippen molar-refractivity contribution in [1.29, 1.82) is 0 Å². The Hall–Kier alpha value is -2.42. The maximum absolute atomic E-state index is 12.4. The number of benzene rings is 2. The number of aliphatic imine (C=N–C) groups is 1. The Labute approximate surface area is 137 Å². The van der Waals surface area contributed by atoms with Gasteiger partial charge in [-0.15, -0.1) is 0 Å². The molecule has 1 heterocycles. The van der Waals surface area contributed by atoms with E-state index in [9.17, 15) is 4.79 Å². The summed E-state index contributed by atoms with van der Waals surface area (Å²) in [6.45, 7) is 3.70. The molecule has 3 heteroatoms. The summed E-state index contributed by atoms with van der Waals surface area (Å²) < 4.78 is 0. The van der Waals surface area contributed by atoms with Crippen molar-refractivity contribution < 1.29 is 4.79 Å². The number of likely N-dealkylation sites (tertiary alicyclic amines) is 1. The van der Waals surface area contributed by atoms with E-state index >= 15 is 0 Å². The Bertz CT molecular complexity index is 679. The number of piperidine rings is 1. The highest BCUT2D eigenvalue weighted by atomic mass is 16.2. The second-order valence-electron chi connectivity index (χ2n) is 6.09. The molecule has 0 N–H and O–H groups in total. The minimum atomic E-state index is 0.189. The van der Waals surface area contributed by atoms with E-state index in [1.807, 2.05) is 53.4 Å². The summed E-state index contributed by atoms with van der Waals surface area (Å²) in [5.41, 5.74) is 3.20. The van der Waals surface area contributed by atoms with Gasteiger partial charge in [0, 0.05) is 24.7 Å². The summed E-state index contributed by atoms with van der Waals surface area (Å²) >= 11 is 0. The van der Waals surface area contributed by atoms with Crippen molar-refractivity contribution in [3.63, 3.8) is 0 Å². The molecular formula is C20H22N2O. The zero-order valence-corrected chi connectivity index (χ0v) is 13.5. The highest BCUT2D eigenvalue weighted by Gasteiger charge is 2.27. The molecule has 3 nitrogen and oxygen atoms in total.